The van der Waals surface area contributed by atoms with E-state index in [4.69, 9.17) is 4.74 Å². The van der Waals surface area contributed by atoms with Crippen LogP contribution in [-0.2, 0) is 9.53 Å². The van der Waals surface area contributed by atoms with Crippen LogP contribution in [0.15, 0.2) is 29.3 Å². The van der Waals surface area contributed by atoms with Gasteiger partial charge in [0, 0.05) is 31.7 Å². The van der Waals surface area contributed by atoms with Crippen LogP contribution in [0.5, 0.6) is 0 Å². The zero-order chi connectivity index (χ0) is 21.2. The molecule has 1 aliphatic carbocycles. The predicted molar refractivity (Wildman–Crippen MR) is 122 cm³/mol. The molecule has 1 aliphatic heterocycles. The molecule has 6 heteroatoms. The van der Waals surface area contributed by atoms with E-state index in [-0.39, 0.29) is 18.6 Å². The van der Waals surface area contributed by atoms with Crippen LogP contribution in [0.4, 0.5) is 0 Å². The van der Waals surface area contributed by atoms with Crippen molar-refractivity contribution in [3.8, 4) is 0 Å². The van der Waals surface area contributed by atoms with Gasteiger partial charge in [0.25, 0.3) is 0 Å². The first kappa shape index (κ1) is 22.6. The van der Waals surface area contributed by atoms with Crippen LogP contribution in [0.3, 0.4) is 0 Å². The Morgan fingerprint density at radius 3 is 2.57 bits per heavy atom. The Hall–Kier alpha value is -2.08. The van der Waals surface area contributed by atoms with Crippen molar-refractivity contribution in [2.24, 2.45) is 10.9 Å². The molecule has 0 aromatic heterocycles. The summed E-state index contributed by atoms with van der Waals surface area (Å²) < 4.78 is 6.13. The Balaban J connectivity index is 1.53. The molecule has 30 heavy (non-hydrogen) atoms. The molecule has 1 amide bonds. The molecule has 2 atom stereocenters. The molecule has 166 valence electrons. The molecule has 1 aromatic carbocycles. The van der Waals surface area contributed by atoms with Gasteiger partial charge in [-0.25, -0.2) is 4.99 Å². The number of hydrogen-bond donors (Lipinski definition) is 3. The predicted octanol–water partition coefficient (Wildman–Crippen LogP) is 3.47. The van der Waals surface area contributed by atoms with Crippen LogP contribution in [0.1, 0.15) is 69.1 Å². The maximum absolute atomic E-state index is 12.3. The Morgan fingerprint density at radius 1 is 1.07 bits per heavy atom. The lowest BCUT2D eigenvalue weighted by Gasteiger charge is -2.32. The zero-order valence-corrected chi connectivity index (χ0v) is 18.6. The number of nitrogens with one attached hydrogen (secondary N) is 3. The Labute approximate surface area is 181 Å². The summed E-state index contributed by atoms with van der Waals surface area (Å²) in [5.41, 5.74) is 2.50. The summed E-state index contributed by atoms with van der Waals surface area (Å²) in [4.78, 5) is 16.8. The van der Waals surface area contributed by atoms with Crippen LogP contribution < -0.4 is 16.0 Å². The first-order valence-electron chi connectivity index (χ1n) is 11.7. The average molecular weight is 415 g/mol. The largest absolute Gasteiger partial charge is 0.373 e. The number of carbonyl (C=O) groups excluding carboxylic acids is 1. The summed E-state index contributed by atoms with van der Waals surface area (Å²) >= 11 is 0. The van der Waals surface area contributed by atoms with Gasteiger partial charge in [-0.2, -0.15) is 0 Å². The van der Waals surface area contributed by atoms with Crippen molar-refractivity contribution in [2.75, 3.05) is 26.2 Å². The smallest absolute Gasteiger partial charge is 0.242 e. The molecule has 2 aliphatic rings. The molecule has 1 aromatic rings. The van der Waals surface area contributed by atoms with Crippen LogP contribution in [0.25, 0.3) is 0 Å². The number of aliphatic imine (C=N–C) groups is 1. The van der Waals surface area contributed by atoms with Crippen LogP contribution >= 0.6 is 0 Å². The Bertz CT molecular complexity index is 683. The SMILES string of the molecule is CCNC(=NCC(=O)NC1CCCCC1)NCC1CCCOC1c1ccc(C)cc1. The fourth-order valence-electron chi connectivity index (χ4n) is 4.42. The average Bonchev–Trinajstić information content (AvgIpc) is 2.77. The lowest BCUT2D eigenvalue weighted by atomic mass is 9.89. The molecule has 3 N–H and O–H groups in total. The zero-order valence-electron chi connectivity index (χ0n) is 18.6. The van der Waals surface area contributed by atoms with Gasteiger partial charge >= 0.3 is 0 Å². The molecule has 0 spiro atoms. The van der Waals surface area contributed by atoms with Gasteiger partial charge in [0.2, 0.25) is 5.91 Å². The van der Waals surface area contributed by atoms with Gasteiger partial charge in [-0.05, 0) is 45.1 Å². The van der Waals surface area contributed by atoms with Crippen molar-refractivity contribution in [1.82, 2.24) is 16.0 Å². The third-order valence-corrected chi connectivity index (χ3v) is 6.08. The lowest BCUT2D eigenvalue weighted by molar-refractivity contribution is -0.120. The molecule has 1 heterocycles. The Kier molecular flexibility index (Phi) is 9.00. The number of amides is 1. The summed E-state index contributed by atoms with van der Waals surface area (Å²) in [6.07, 6.45) is 8.19. The molecule has 0 bridgehead atoms. The first-order valence-corrected chi connectivity index (χ1v) is 11.7. The number of ether oxygens (including phenoxy) is 1. The van der Waals surface area contributed by atoms with Gasteiger partial charge in [0.1, 0.15) is 6.54 Å². The van der Waals surface area contributed by atoms with Crippen molar-refractivity contribution in [2.45, 2.75) is 70.9 Å². The maximum Gasteiger partial charge on any atom is 0.242 e. The topological polar surface area (TPSA) is 74.8 Å². The fourth-order valence-corrected chi connectivity index (χ4v) is 4.42. The van der Waals surface area contributed by atoms with Crippen LogP contribution in [-0.4, -0.2) is 44.1 Å². The van der Waals surface area contributed by atoms with E-state index in [1.54, 1.807) is 0 Å². The standard InChI is InChI=1S/C24H38N4O2/c1-3-25-24(27-17-22(29)28-21-9-5-4-6-10-21)26-16-20-8-7-15-30-23(20)19-13-11-18(2)12-14-19/h11-14,20-21,23H,3-10,15-17H2,1-2H3,(H,28,29)(H2,25,26,27). The van der Waals surface area contributed by atoms with Gasteiger partial charge in [-0.1, -0.05) is 49.1 Å². The third kappa shape index (κ3) is 7.01. The summed E-state index contributed by atoms with van der Waals surface area (Å²) in [6, 6.07) is 8.97. The molecule has 1 saturated carbocycles. The second kappa shape index (κ2) is 11.9. The van der Waals surface area contributed by atoms with Gasteiger partial charge in [0.15, 0.2) is 5.96 Å². The van der Waals surface area contributed by atoms with Crippen molar-refractivity contribution < 1.29 is 9.53 Å². The van der Waals surface area contributed by atoms with Gasteiger partial charge in [-0.3, -0.25) is 4.79 Å². The van der Waals surface area contributed by atoms with E-state index in [1.807, 2.05) is 6.92 Å². The summed E-state index contributed by atoms with van der Waals surface area (Å²) in [7, 11) is 0. The Morgan fingerprint density at radius 2 is 1.83 bits per heavy atom. The van der Waals surface area contributed by atoms with E-state index in [2.05, 4.69) is 52.1 Å². The lowest BCUT2D eigenvalue weighted by Crippen LogP contribution is -2.43. The molecular weight excluding hydrogens is 376 g/mol. The highest BCUT2D eigenvalue weighted by Gasteiger charge is 2.27. The number of rotatable bonds is 7. The number of nitrogens with zero attached hydrogens (tertiary/aromatic N) is 1. The number of hydrogen-bond acceptors (Lipinski definition) is 3. The van der Waals surface area contributed by atoms with E-state index in [1.165, 1.54) is 30.4 Å². The fraction of sp³-hybridized carbons (Fsp3) is 0.667. The van der Waals surface area contributed by atoms with Gasteiger partial charge in [0.05, 0.1) is 6.10 Å². The minimum absolute atomic E-state index is 0.0117. The van der Waals surface area contributed by atoms with E-state index in [0.717, 1.165) is 45.4 Å². The van der Waals surface area contributed by atoms with E-state index in [9.17, 15) is 4.79 Å². The maximum atomic E-state index is 12.3. The molecule has 1 saturated heterocycles. The monoisotopic (exact) mass is 414 g/mol. The van der Waals surface area contributed by atoms with Crippen molar-refractivity contribution in [1.29, 1.82) is 0 Å². The second-order valence-corrected chi connectivity index (χ2v) is 8.58. The molecule has 0 radical (unpaired) electrons. The second-order valence-electron chi connectivity index (χ2n) is 8.58. The number of carbonyl (C=O) groups is 1. The first-order chi connectivity index (χ1) is 14.7. The van der Waals surface area contributed by atoms with E-state index in [0.29, 0.717) is 17.9 Å². The molecule has 2 unspecified atom stereocenters. The van der Waals surface area contributed by atoms with E-state index < -0.39 is 0 Å². The molecular formula is C24H38N4O2. The van der Waals surface area contributed by atoms with Crippen molar-refractivity contribution >= 4 is 11.9 Å². The summed E-state index contributed by atoms with van der Waals surface area (Å²) in [5, 5.41) is 9.83. The number of aryl methyl sites for hydroxylation is 1. The van der Waals surface area contributed by atoms with Crippen LogP contribution in [0.2, 0.25) is 0 Å². The minimum atomic E-state index is 0.0117. The normalized spacial score (nSPS) is 23.1. The van der Waals surface area contributed by atoms with E-state index >= 15 is 0 Å². The summed E-state index contributed by atoms with van der Waals surface area (Å²) in [5.74, 6) is 1.09. The molecule has 6 nitrogen and oxygen atoms in total. The number of benzene rings is 1. The number of guanidine groups is 1. The van der Waals surface area contributed by atoms with Crippen molar-refractivity contribution in [3.63, 3.8) is 0 Å². The highest BCUT2D eigenvalue weighted by atomic mass is 16.5. The highest BCUT2D eigenvalue weighted by molar-refractivity contribution is 5.85. The quantitative estimate of drug-likeness (QED) is 0.472. The van der Waals surface area contributed by atoms with Gasteiger partial charge < -0.3 is 20.7 Å². The molecule has 3 rings (SSSR count). The molecule has 2 fully saturated rings. The summed E-state index contributed by atoms with van der Waals surface area (Å²) in [6.45, 7) is 6.65. The van der Waals surface area contributed by atoms with Crippen LogP contribution in [0, 0.1) is 12.8 Å². The van der Waals surface area contributed by atoms with Gasteiger partial charge in [-0.15, -0.1) is 0 Å². The minimum Gasteiger partial charge on any atom is -0.373 e. The third-order valence-electron chi connectivity index (χ3n) is 6.08. The van der Waals surface area contributed by atoms with Crippen molar-refractivity contribution in [3.05, 3.63) is 35.4 Å². The highest BCUT2D eigenvalue weighted by Crippen LogP contribution is 2.33.